The predicted octanol–water partition coefficient (Wildman–Crippen LogP) is 4.48. The quantitative estimate of drug-likeness (QED) is 0.434. The first-order valence-corrected chi connectivity index (χ1v) is 10.6. The smallest absolute Gasteiger partial charge is 0.319 e. The number of hydrogen-bond acceptors (Lipinski definition) is 6. The Morgan fingerprint density at radius 1 is 1.09 bits per heavy atom. The van der Waals surface area contributed by atoms with E-state index in [0.717, 1.165) is 11.1 Å². The molecule has 1 atom stereocenters. The zero-order valence-electron chi connectivity index (χ0n) is 18.6. The normalized spacial score (nSPS) is 11.5. The molecule has 0 spiro atoms. The molecule has 0 bridgehead atoms. The number of rotatable bonds is 10. The molecule has 3 aromatic rings. The molecular weight excluding hydrogens is 406 g/mol. The van der Waals surface area contributed by atoms with Crippen LogP contribution in [0.4, 0.5) is 16.3 Å². The zero-order valence-corrected chi connectivity index (χ0v) is 18.6. The van der Waals surface area contributed by atoms with E-state index < -0.39 is 0 Å². The Bertz CT molecular complexity index is 1010. The van der Waals surface area contributed by atoms with Crippen molar-refractivity contribution >= 4 is 17.5 Å². The summed E-state index contributed by atoms with van der Waals surface area (Å²) in [7, 11) is 1.56. The van der Waals surface area contributed by atoms with Gasteiger partial charge in [-0.3, -0.25) is 4.98 Å². The minimum absolute atomic E-state index is 0.0566. The van der Waals surface area contributed by atoms with Gasteiger partial charge in [-0.25, -0.2) is 9.78 Å². The van der Waals surface area contributed by atoms with E-state index in [2.05, 4.69) is 33.1 Å². The second-order valence-corrected chi connectivity index (χ2v) is 6.96. The van der Waals surface area contributed by atoms with Crippen LogP contribution in [0.1, 0.15) is 25.5 Å². The molecular formula is C24H29N5O3. The van der Waals surface area contributed by atoms with Crippen LogP contribution in [0, 0.1) is 0 Å². The average Bonchev–Trinajstić information content (AvgIpc) is 2.83. The number of aromatic nitrogens is 2. The number of hydrogen-bond donors (Lipinski definition) is 3. The van der Waals surface area contributed by atoms with Crippen molar-refractivity contribution in [3.8, 4) is 17.0 Å². The van der Waals surface area contributed by atoms with Crippen molar-refractivity contribution in [3.63, 3.8) is 0 Å². The zero-order chi connectivity index (χ0) is 22.8. The number of methoxy groups -OCH3 is 1. The number of nitrogens with zero attached hydrogens (tertiary/aromatic N) is 2. The molecule has 0 saturated heterocycles. The van der Waals surface area contributed by atoms with Gasteiger partial charge in [-0.1, -0.05) is 36.4 Å². The van der Waals surface area contributed by atoms with E-state index in [9.17, 15) is 4.79 Å². The highest BCUT2D eigenvalue weighted by atomic mass is 16.5. The lowest BCUT2D eigenvalue weighted by Crippen LogP contribution is -2.28. The fourth-order valence-electron chi connectivity index (χ4n) is 3.18. The van der Waals surface area contributed by atoms with Crippen LogP contribution in [0.5, 0.6) is 5.75 Å². The molecule has 1 heterocycles. The Kier molecular flexibility index (Phi) is 8.39. The maximum atomic E-state index is 11.9. The molecule has 1 aromatic heterocycles. The van der Waals surface area contributed by atoms with Crippen molar-refractivity contribution in [2.24, 2.45) is 0 Å². The van der Waals surface area contributed by atoms with Gasteiger partial charge in [0.1, 0.15) is 11.6 Å². The molecule has 2 amide bonds. The fourth-order valence-corrected chi connectivity index (χ4v) is 3.18. The van der Waals surface area contributed by atoms with Crippen LogP contribution >= 0.6 is 0 Å². The minimum Gasteiger partial charge on any atom is -0.495 e. The number of benzene rings is 2. The van der Waals surface area contributed by atoms with Crippen molar-refractivity contribution in [2.75, 3.05) is 37.5 Å². The summed E-state index contributed by atoms with van der Waals surface area (Å²) in [6, 6.07) is 15.2. The number of anilines is 2. The van der Waals surface area contributed by atoms with E-state index in [1.165, 1.54) is 0 Å². The molecule has 0 aliphatic carbocycles. The Morgan fingerprint density at radius 2 is 1.91 bits per heavy atom. The summed E-state index contributed by atoms with van der Waals surface area (Å²) in [6.07, 6.45) is 3.38. The summed E-state index contributed by atoms with van der Waals surface area (Å²) in [5.41, 5.74) is 3.18. The maximum Gasteiger partial charge on any atom is 0.319 e. The van der Waals surface area contributed by atoms with Gasteiger partial charge in [-0.15, -0.1) is 0 Å². The largest absolute Gasteiger partial charge is 0.495 e. The third kappa shape index (κ3) is 6.18. The molecule has 32 heavy (non-hydrogen) atoms. The Balaban J connectivity index is 1.82. The van der Waals surface area contributed by atoms with Crippen LogP contribution in [-0.4, -0.2) is 42.9 Å². The van der Waals surface area contributed by atoms with E-state index in [-0.39, 0.29) is 12.1 Å². The molecule has 3 rings (SSSR count). The molecule has 168 valence electrons. The Hall–Kier alpha value is -3.65. The van der Waals surface area contributed by atoms with Gasteiger partial charge in [0.05, 0.1) is 43.5 Å². The molecule has 2 aromatic carbocycles. The van der Waals surface area contributed by atoms with Crippen molar-refractivity contribution in [2.45, 2.75) is 19.9 Å². The molecule has 8 nitrogen and oxygen atoms in total. The van der Waals surface area contributed by atoms with Crippen LogP contribution in [0.25, 0.3) is 11.3 Å². The second-order valence-electron chi connectivity index (χ2n) is 6.96. The second kappa shape index (κ2) is 11.7. The lowest BCUT2D eigenvalue weighted by Gasteiger charge is -2.20. The van der Waals surface area contributed by atoms with Gasteiger partial charge in [0, 0.05) is 18.7 Å². The van der Waals surface area contributed by atoms with Crippen molar-refractivity contribution in [1.82, 2.24) is 15.3 Å². The van der Waals surface area contributed by atoms with E-state index >= 15 is 0 Å². The number of amides is 2. The summed E-state index contributed by atoms with van der Waals surface area (Å²) < 4.78 is 11.1. The number of carbonyl (C=O) groups is 1. The minimum atomic E-state index is -0.286. The van der Waals surface area contributed by atoms with Crippen LogP contribution in [-0.2, 0) is 4.74 Å². The Labute approximate surface area is 188 Å². The van der Waals surface area contributed by atoms with Crippen molar-refractivity contribution < 1.29 is 14.3 Å². The van der Waals surface area contributed by atoms with Gasteiger partial charge in [0.15, 0.2) is 0 Å². The SMILES string of the molecule is CCNC(=O)Nc1ccc(-c2cncc(N[C@@H](COCC)c3ccccc3)n2)cc1OC. The van der Waals surface area contributed by atoms with Crippen LogP contribution < -0.4 is 20.7 Å². The number of ether oxygens (including phenoxy) is 2. The van der Waals surface area contributed by atoms with Crippen LogP contribution in [0.15, 0.2) is 60.9 Å². The lowest BCUT2D eigenvalue weighted by atomic mass is 10.1. The first-order chi connectivity index (χ1) is 15.6. The maximum absolute atomic E-state index is 11.9. The molecule has 0 fully saturated rings. The third-order valence-electron chi connectivity index (χ3n) is 4.73. The fraction of sp³-hybridized carbons (Fsp3) is 0.292. The summed E-state index contributed by atoms with van der Waals surface area (Å²) in [4.78, 5) is 20.9. The molecule has 0 aliphatic rings. The molecule has 0 saturated carbocycles. The molecule has 8 heteroatoms. The lowest BCUT2D eigenvalue weighted by molar-refractivity contribution is 0.138. The van der Waals surface area contributed by atoms with Crippen LogP contribution in [0.2, 0.25) is 0 Å². The van der Waals surface area contributed by atoms with Gasteiger partial charge >= 0.3 is 6.03 Å². The number of carbonyl (C=O) groups excluding carboxylic acids is 1. The average molecular weight is 436 g/mol. The van der Waals surface area contributed by atoms with Gasteiger partial charge in [0.25, 0.3) is 0 Å². The Morgan fingerprint density at radius 3 is 2.62 bits per heavy atom. The first kappa shape index (κ1) is 23.0. The standard InChI is InChI=1S/C24H29N5O3/c1-4-26-24(30)29-19-12-11-18(13-22(19)31-3)20-14-25-15-23(27-20)28-21(16-32-5-2)17-9-7-6-8-10-17/h6-15,21H,4-5,16H2,1-3H3,(H,27,28)(H2,26,29,30)/t21-/m0/s1. The van der Waals surface area contributed by atoms with Gasteiger partial charge in [-0.2, -0.15) is 0 Å². The van der Waals surface area contributed by atoms with E-state index in [1.807, 2.05) is 44.2 Å². The van der Waals surface area contributed by atoms with E-state index in [1.54, 1.807) is 25.6 Å². The third-order valence-corrected chi connectivity index (χ3v) is 4.73. The molecule has 0 unspecified atom stereocenters. The van der Waals surface area contributed by atoms with E-state index in [0.29, 0.717) is 42.7 Å². The van der Waals surface area contributed by atoms with Crippen molar-refractivity contribution in [1.29, 1.82) is 0 Å². The first-order valence-electron chi connectivity index (χ1n) is 10.6. The van der Waals surface area contributed by atoms with Crippen LogP contribution in [0.3, 0.4) is 0 Å². The summed E-state index contributed by atoms with van der Waals surface area (Å²) in [5.74, 6) is 1.17. The highest BCUT2D eigenvalue weighted by Crippen LogP contribution is 2.30. The van der Waals surface area contributed by atoms with Crippen molar-refractivity contribution in [3.05, 3.63) is 66.5 Å². The highest BCUT2D eigenvalue weighted by molar-refractivity contribution is 5.91. The summed E-state index contributed by atoms with van der Waals surface area (Å²) in [6.45, 7) is 5.51. The summed E-state index contributed by atoms with van der Waals surface area (Å²) >= 11 is 0. The molecule has 3 N–H and O–H groups in total. The van der Waals surface area contributed by atoms with Gasteiger partial charge in [-0.05, 0) is 31.5 Å². The van der Waals surface area contributed by atoms with Gasteiger partial charge < -0.3 is 25.4 Å². The molecule has 0 radical (unpaired) electrons. The van der Waals surface area contributed by atoms with Gasteiger partial charge in [0.2, 0.25) is 0 Å². The topological polar surface area (TPSA) is 97.4 Å². The monoisotopic (exact) mass is 435 g/mol. The molecule has 0 aliphatic heterocycles. The summed E-state index contributed by atoms with van der Waals surface area (Å²) in [5, 5.41) is 8.90. The predicted molar refractivity (Wildman–Crippen MR) is 126 cm³/mol. The van der Waals surface area contributed by atoms with E-state index in [4.69, 9.17) is 14.5 Å². The highest BCUT2D eigenvalue weighted by Gasteiger charge is 2.14. The number of urea groups is 1. The number of nitrogens with one attached hydrogen (secondary N) is 3.